The molecule has 11 heteroatoms. The maximum atomic E-state index is 10.6. The topological polar surface area (TPSA) is 124 Å². The van der Waals surface area contributed by atoms with Crippen LogP contribution in [0.15, 0.2) is 0 Å². The van der Waals surface area contributed by atoms with Crippen molar-refractivity contribution >= 4 is 20.2 Å². The minimum atomic E-state index is -4.12. The standard InChI is InChI=1S/C16H36N2O7S2/c1-17(2,9-5-7-15-26(19,20)21)11-13-25-14-12-18(3,4)10-6-8-16-27(22,23)24/h5-16H2,1-4H3. The van der Waals surface area contributed by atoms with Gasteiger partial charge < -0.3 is 22.8 Å². The molecule has 164 valence electrons. The molecule has 0 bridgehead atoms. The lowest BCUT2D eigenvalue weighted by molar-refractivity contribution is -0.894. The van der Waals surface area contributed by atoms with Crippen LogP contribution in [0, 0.1) is 0 Å². The van der Waals surface area contributed by atoms with Crippen LogP contribution in [-0.4, -0.2) is 114 Å². The van der Waals surface area contributed by atoms with Crippen LogP contribution in [0.1, 0.15) is 25.7 Å². The van der Waals surface area contributed by atoms with E-state index in [0.717, 1.165) is 26.2 Å². The zero-order valence-electron chi connectivity index (χ0n) is 17.1. The third kappa shape index (κ3) is 18.8. The first-order chi connectivity index (χ1) is 12.1. The molecule has 0 N–H and O–H groups in total. The molecular formula is C16H36N2O7S2. The quantitative estimate of drug-likeness (QED) is 0.188. The molecule has 0 aliphatic rings. The lowest BCUT2D eigenvalue weighted by Crippen LogP contribution is -2.45. The maximum Gasteiger partial charge on any atom is 0.102 e. The average Bonchev–Trinajstić information content (AvgIpc) is 2.46. The van der Waals surface area contributed by atoms with Crippen LogP contribution in [0.4, 0.5) is 0 Å². The van der Waals surface area contributed by atoms with Gasteiger partial charge in [0.25, 0.3) is 0 Å². The van der Waals surface area contributed by atoms with Gasteiger partial charge in [-0.2, -0.15) is 0 Å². The van der Waals surface area contributed by atoms with Gasteiger partial charge >= 0.3 is 0 Å². The molecule has 0 amide bonds. The second kappa shape index (κ2) is 11.6. The smallest absolute Gasteiger partial charge is 0.102 e. The van der Waals surface area contributed by atoms with Crippen LogP contribution in [-0.2, 0) is 25.0 Å². The average molecular weight is 433 g/mol. The second-order valence-corrected chi connectivity index (χ2v) is 11.4. The third-order valence-corrected chi connectivity index (χ3v) is 6.07. The molecule has 0 saturated heterocycles. The van der Waals surface area contributed by atoms with Gasteiger partial charge in [0.1, 0.15) is 13.1 Å². The molecule has 0 aromatic heterocycles. The molecule has 0 aliphatic heterocycles. The van der Waals surface area contributed by atoms with E-state index in [1.807, 2.05) is 28.2 Å². The highest BCUT2D eigenvalue weighted by Gasteiger charge is 2.17. The Balaban J connectivity index is 3.85. The van der Waals surface area contributed by atoms with Gasteiger partial charge in [0, 0.05) is 11.5 Å². The Hall–Kier alpha value is -0.300. The van der Waals surface area contributed by atoms with Crippen LogP contribution < -0.4 is 0 Å². The molecule has 9 nitrogen and oxygen atoms in total. The van der Waals surface area contributed by atoms with Crippen molar-refractivity contribution in [1.82, 2.24) is 0 Å². The Bertz CT molecular complexity index is 563. The molecule has 0 saturated carbocycles. The second-order valence-electron chi connectivity index (χ2n) is 8.32. The number of hydrogen-bond donors (Lipinski definition) is 0. The Labute approximate surface area is 165 Å². The SMILES string of the molecule is C[N+](C)(CCCCS(=O)(=O)[O-])CCOCC[N+](C)(C)CCCCS(=O)(=O)[O-]. The summed E-state index contributed by atoms with van der Waals surface area (Å²) >= 11 is 0. The minimum absolute atomic E-state index is 0.308. The molecule has 27 heavy (non-hydrogen) atoms. The van der Waals surface area contributed by atoms with E-state index in [1.54, 1.807) is 0 Å². The van der Waals surface area contributed by atoms with Gasteiger partial charge in [-0.3, -0.25) is 0 Å². The van der Waals surface area contributed by atoms with Crippen molar-refractivity contribution in [3.8, 4) is 0 Å². The van der Waals surface area contributed by atoms with Crippen molar-refractivity contribution < 1.29 is 39.6 Å². The van der Waals surface area contributed by atoms with Crippen molar-refractivity contribution in [1.29, 1.82) is 0 Å². The highest BCUT2D eigenvalue weighted by atomic mass is 32.2. The Morgan fingerprint density at radius 3 is 1.26 bits per heavy atom. The van der Waals surface area contributed by atoms with E-state index < -0.39 is 20.2 Å². The highest BCUT2D eigenvalue weighted by Crippen LogP contribution is 2.05. The van der Waals surface area contributed by atoms with Crippen LogP contribution in [0.25, 0.3) is 0 Å². The van der Waals surface area contributed by atoms with E-state index in [-0.39, 0.29) is 11.5 Å². The van der Waals surface area contributed by atoms with Gasteiger partial charge in [0.15, 0.2) is 0 Å². The minimum Gasteiger partial charge on any atom is -0.748 e. The number of nitrogens with zero attached hydrogens (tertiary/aromatic N) is 2. The summed E-state index contributed by atoms with van der Waals surface area (Å²) in [5, 5.41) is 0. The fourth-order valence-electron chi connectivity index (χ4n) is 2.59. The summed E-state index contributed by atoms with van der Waals surface area (Å²) < 4.78 is 70.6. The first-order valence-electron chi connectivity index (χ1n) is 9.21. The zero-order valence-corrected chi connectivity index (χ0v) is 18.7. The first kappa shape index (κ1) is 26.7. The Morgan fingerprint density at radius 1 is 0.630 bits per heavy atom. The summed E-state index contributed by atoms with van der Waals surface area (Å²) in [5.74, 6) is -0.617. The van der Waals surface area contributed by atoms with Crippen molar-refractivity contribution in [2.24, 2.45) is 0 Å². The van der Waals surface area contributed by atoms with Gasteiger partial charge in [-0.05, 0) is 25.7 Å². The van der Waals surface area contributed by atoms with Crippen molar-refractivity contribution in [2.75, 3.05) is 79.1 Å². The van der Waals surface area contributed by atoms with E-state index in [4.69, 9.17) is 4.74 Å². The first-order valence-corrected chi connectivity index (χ1v) is 12.4. The highest BCUT2D eigenvalue weighted by molar-refractivity contribution is 7.85. The van der Waals surface area contributed by atoms with Crippen LogP contribution in [0.3, 0.4) is 0 Å². The monoisotopic (exact) mass is 432 g/mol. The largest absolute Gasteiger partial charge is 0.748 e. The number of hydrogen-bond acceptors (Lipinski definition) is 7. The van der Waals surface area contributed by atoms with Gasteiger partial charge in [-0.25, -0.2) is 16.8 Å². The fourth-order valence-corrected chi connectivity index (χ4v) is 3.70. The predicted molar refractivity (Wildman–Crippen MR) is 102 cm³/mol. The number of ether oxygens (including phenoxy) is 1. The summed E-state index contributed by atoms with van der Waals surface area (Å²) in [7, 11) is -0.0863. The summed E-state index contributed by atoms with van der Waals surface area (Å²) in [6.45, 7) is 4.31. The Morgan fingerprint density at radius 2 is 0.963 bits per heavy atom. The van der Waals surface area contributed by atoms with E-state index in [9.17, 15) is 25.9 Å². The van der Waals surface area contributed by atoms with Crippen LogP contribution >= 0.6 is 0 Å². The molecule has 0 heterocycles. The number of rotatable bonds is 16. The molecule has 0 aliphatic carbocycles. The lowest BCUT2D eigenvalue weighted by atomic mass is 10.3. The number of quaternary nitrogens is 2. The fraction of sp³-hybridized carbons (Fsp3) is 1.00. The van der Waals surface area contributed by atoms with Crippen molar-refractivity contribution in [3.05, 3.63) is 0 Å². The van der Waals surface area contributed by atoms with Crippen molar-refractivity contribution in [3.63, 3.8) is 0 Å². The molecule has 0 rings (SSSR count). The summed E-state index contributed by atoms with van der Waals surface area (Å²) in [5.41, 5.74) is 0. The molecule has 0 fully saturated rings. The van der Waals surface area contributed by atoms with Crippen LogP contribution in [0.2, 0.25) is 0 Å². The molecular weight excluding hydrogens is 396 g/mol. The number of unbranched alkanes of at least 4 members (excludes halogenated alkanes) is 2. The van der Waals surface area contributed by atoms with Gasteiger partial charge in [-0.15, -0.1) is 0 Å². The van der Waals surface area contributed by atoms with E-state index in [2.05, 4.69) is 0 Å². The van der Waals surface area contributed by atoms with E-state index in [1.165, 1.54) is 0 Å². The van der Waals surface area contributed by atoms with E-state index >= 15 is 0 Å². The molecule has 0 atom stereocenters. The molecule has 0 radical (unpaired) electrons. The normalized spacial score (nSPS) is 13.9. The number of likely N-dealkylation sites (N-methyl/N-ethyl adjacent to an activating group) is 2. The van der Waals surface area contributed by atoms with Gasteiger partial charge in [-0.1, -0.05) is 0 Å². The molecule has 0 spiro atoms. The summed E-state index contributed by atoms with van der Waals surface area (Å²) in [6.07, 6.45) is 2.12. The summed E-state index contributed by atoms with van der Waals surface area (Å²) in [4.78, 5) is 0. The predicted octanol–water partition coefficient (Wildman–Crippen LogP) is -0.193. The van der Waals surface area contributed by atoms with Gasteiger partial charge in [0.05, 0.1) is 74.7 Å². The van der Waals surface area contributed by atoms with Crippen LogP contribution in [0.5, 0.6) is 0 Å². The zero-order chi connectivity index (χ0) is 21.2. The van der Waals surface area contributed by atoms with Crippen molar-refractivity contribution in [2.45, 2.75) is 25.7 Å². The third-order valence-electron chi connectivity index (χ3n) is 4.50. The molecule has 0 unspecified atom stereocenters. The van der Waals surface area contributed by atoms with Gasteiger partial charge in [0.2, 0.25) is 0 Å². The maximum absolute atomic E-state index is 10.6. The molecule has 0 aromatic carbocycles. The lowest BCUT2D eigenvalue weighted by Gasteiger charge is -2.31. The molecule has 0 aromatic rings. The summed E-state index contributed by atoms with van der Waals surface area (Å²) in [6, 6.07) is 0. The Kier molecular flexibility index (Phi) is 11.5. The van der Waals surface area contributed by atoms with E-state index in [0.29, 0.717) is 47.9 Å².